The first-order valence-corrected chi connectivity index (χ1v) is 10.1. The number of carbonyl (C=O) groups is 1. The summed E-state index contributed by atoms with van der Waals surface area (Å²) in [5, 5.41) is 3.80. The maximum atomic E-state index is 12.8. The Labute approximate surface area is 152 Å². The largest absolute Gasteiger partial charge is 0.324 e. The molecule has 0 saturated heterocycles. The van der Waals surface area contributed by atoms with E-state index in [9.17, 15) is 4.79 Å². The first kappa shape index (κ1) is 16.5. The summed E-state index contributed by atoms with van der Waals surface area (Å²) in [5.41, 5.74) is 2.12. The first-order valence-electron chi connectivity index (χ1n) is 9.26. The van der Waals surface area contributed by atoms with Crippen LogP contribution >= 0.6 is 11.3 Å². The number of aromatic nitrogens is 2. The van der Waals surface area contributed by atoms with Crippen molar-refractivity contribution in [1.82, 2.24) is 14.9 Å². The molecule has 2 amide bonds. The van der Waals surface area contributed by atoms with Gasteiger partial charge in [-0.15, -0.1) is 11.3 Å². The minimum absolute atomic E-state index is 0.0464. The average molecular weight is 356 g/mol. The van der Waals surface area contributed by atoms with Crippen molar-refractivity contribution in [3.8, 4) is 0 Å². The summed E-state index contributed by atoms with van der Waals surface area (Å²) in [5.74, 6) is 0. The van der Waals surface area contributed by atoms with Crippen LogP contribution in [0, 0.1) is 0 Å². The molecular weight excluding hydrogens is 332 g/mol. The van der Waals surface area contributed by atoms with Crippen LogP contribution < -0.4 is 5.32 Å². The van der Waals surface area contributed by atoms with Crippen molar-refractivity contribution < 1.29 is 4.79 Å². The highest BCUT2D eigenvalue weighted by Gasteiger charge is 2.33. The van der Waals surface area contributed by atoms with Gasteiger partial charge in [0.2, 0.25) is 0 Å². The molecule has 2 heterocycles. The van der Waals surface area contributed by atoms with Gasteiger partial charge in [0, 0.05) is 17.1 Å². The number of hydrogen-bond donors (Lipinski definition) is 1. The van der Waals surface area contributed by atoms with Crippen molar-refractivity contribution in [2.75, 3.05) is 5.32 Å². The number of carbonyl (C=O) groups excluding carboxylic acids is 1. The monoisotopic (exact) mass is 356 g/mol. The Morgan fingerprint density at radius 1 is 1.20 bits per heavy atom. The van der Waals surface area contributed by atoms with Gasteiger partial charge in [-0.05, 0) is 50.7 Å². The molecule has 25 heavy (non-hydrogen) atoms. The third kappa shape index (κ3) is 4.18. The number of pyridine rings is 1. The lowest BCUT2D eigenvalue weighted by Crippen LogP contribution is -2.36. The lowest BCUT2D eigenvalue weighted by Gasteiger charge is -2.21. The van der Waals surface area contributed by atoms with E-state index in [1.807, 2.05) is 23.1 Å². The number of anilines is 1. The van der Waals surface area contributed by atoms with Crippen LogP contribution in [0.4, 0.5) is 9.93 Å². The summed E-state index contributed by atoms with van der Waals surface area (Å²) < 4.78 is 0. The molecule has 2 aromatic rings. The number of hydrogen-bond acceptors (Lipinski definition) is 4. The van der Waals surface area contributed by atoms with E-state index in [-0.39, 0.29) is 6.03 Å². The molecule has 4 rings (SSSR count). The Balaban J connectivity index is 1.45. The third-order valence-corrected chi connectivity index (χ3v) is 5.94. The van der Waals surface area contributed by atoms with Crippen molar-refractivity contribution in [3.63, 3.8) is 0 Å². The number of aryl methyl sites for hydroxylation is 2. The smallest absolute Gasteiger partial charge is 0.316 e. The molecule has 2 aliphatic carbocycles. The zero-order valence-electron chi connectivity index (χ0n) is 14.4. The molecule has 1 N–H and O–H groups in total. The van der Waals surface area contributed by atoms with Crippen LogP contribution in [0.3, 0.4) is 0 Å². The van der Waals surface area contributed by atoms with E-state index >= 15 is 0 Å². The third-order valence-electron chi connectivity index (χ3n) is 4.87. The van der Waals surface area contributed by atoms with Gasteiger partial charge in [-0.25, -0.2) is 9.78 Å². The molecule has 0 bridgehead atoms. The lowest BCUT2D eigenvalue weighted by molar-refractivity contribution is 0.205. The van der Waals surface area contributed by atoms with Crippen molar-refractivity contribution >= 4 is 22.5 Å². The summed E-state index contributed by atoms with van der Waals surface area (Å²) in [6.07, 6.45) is 11.1. The number of thiazole rings is 1. The maximum absolute atomic E-state index is 12.8. The number of fused-ring (bicyclic) bond motifs is 1. The molecule has 1 saturated carbocycles. The molecule has 6 heteroatoms. The second kappa shape index (κ2) is 7.52. The Morgan fingerprint density at radius 3 is 2.80 bits per heavy atom. The topological polar surface area (TPSA) is 58.1 Å². The summed E-state index contributed by atoms with van der Waals surface area (Å²) in [7, 11) is 0. The van der Waals surface area contributed by atoms with Crippen molar-refractivity contribution in [2.45, 2.75) is 64.0 Å². The van der Waals surface area contributed by atoms with E-state index in [0.717, 1.165) is 36.5 Å². The van der Waals surface area contributed by atoms with E-state index in [2.05, 4.69) is 10.3 Å². The van der Waals surface area contributed by atoms with Gasteiger partial charge in [0.15, 0.2) is 5.13 Å². The molecule has 132 valence electrons. The summed E-state index contributed by atoms with van der Waals surface area (Å²) in [6.45, 7) is 0.558. The fourth-order valence-electron chi connectivity index (χ4n) is 3.34. The van der Waals surface area contributed by atoms with Crippen molar-refractivity contribution in [1.29, 1.82) is 0 Å². The van der Waals surface area contributed by atoms with E-state index in [1.54, 1.807) is 17.5 Å². The maximum Gasteiger partial charge on any atom is 0.324 e. The highest BCUT2D eigenvalue weighted by molar-refractivity contribution is 7.15. The van der Waals surface area contributed by atoms with E-state index < -0.39 is 0 Å². The quantitative estimate of drug-likeness (QED) is 0.884. The summed E-state index contributed by atoms with van der Waals surface area (Å²) >= 11 is 1.66. The molecule has 1 fully saturated rings. The minimum Gasteiger partial charge on any atom is -0.316 e. The predicted octanol–water partition coefficient (Wildman–Crippen LogP) is 4.39. The lowest BCUT2D eigenvalue weighted by atomic mass is 10.0. The fraction of sp³-hybridized carbons (Fsp3) is 0.526. The molecule has 0 atom stereocenters. The molecule has 0 spiro atoms. The molecule has 0 radical (unpaired) electrons. The molecule has 5 nitrogen and oxygen atoms in total. The summed E-state index contributed by atoms with van der Waals surface area (Å²) in [4.78, 5) is 25.1. The number of nitrogens with one attached hydrogen (secondary N) is 1. The number of amides is 2. The molecule has 0 aliphatic heterocycles. The molecule has 2 aliphatic rings. The summed E-state index contributed by atoms with van der Waals surface area (Å²) in [6, 6.07) is 6.12. The van der Waals surface area contributed by atoms with Crippen LogP contribution in [0.1, 0.15) is 54.8 Å². The van der Waals surface area contributed by atoms with Gasteiger partial charge < -0.3 is 4.90 Å². The molecular formula is C19H24N4OS. The number of rotatable bonds is 4. The van der Waals surface area contributed by atoms with E-state index in [0.29, 0.717) is 12.6 Å². The van der Waals surface area contributed by atoms with Crippen LogP contribution in [-0.4, -0.2) is 26.9 Å². The van der Waals surface area contributed by atoms with Crippen molar-refractivity contribution in [3.05, 3.63) is 40.7 Å². The van der Waals surface area contributed by atoms with Gasteiger partial charge >= 0.3 is 6.03 Å². The van der Waals surface area contributed by atoms with Gasteiger partial charge in [0.25, 0.3) is 0 Å². The average Bonchev–Trinajstić information content (AvgIpc) is 3.38. The molecule has 2 aromatic heterocycles. The number of nitrogens with zero attached hydrogens (tertiary/aromatic N) is 3. The van der Waals surface area contributed by atoms with Gasteiger partial charge in [-0.1, -0.05) is 18.9 Å². The van der Waals surface area contributed by atoms with Crippen LogP contribution in [0.2, 0.25) is 0 Å². The second-order valence-corrected chi connectivity index (χ2v) is 8.00. The highest BCUT2D eigenvalue weighted by Crippen LogP contribution is 2.31. The van der Waals surface area contributed by atoms with Gasteiger partial charge in [0.05, 0.1) is 17.9 Å². The zero-order valence-corrected chi connectivity index (χ0v) is 15.2. The standard InChI is InChI=1S/C19H24N4OS/c24-19(23(15-10-11-15)13-14-7-5-6-12-20-14)22-18-21-16-8-3-1-2-4-9-17(16)25-18/h5-7,12,15H,1-4,8-11,13H2,(H,21,22,24). The zero-order chi connectivity index (χ0) is 17.1. The Hall–Kier alpha value is -1.95. The minimum atomic E-state index is -0.0464. The Kier molecular flexibility index (Phi) is 4.97. The Bertz CT molecular complexity index is 701. The SMILES string of the molecule is O=C(Nc1nc2c(s1)CCCCCC2)N(Cc1ccccn1)C1CC1. The second-order valence-electron chi connectivity index (χ2n) is 6.91. The van der Waals surface area contributed by atoms with Crippen LogP contribution in [0.15, 0.2) is 24.4 Å². The molecule has 0 unspecified atom stereocenters. The van der Waals surface area contributed by atoms with Crippen LogP contribution in [0.25, 0.3) is 0 Å². The molecule has 0 aromatic carbocycles. The fourth-order valence-corrected chi connectivity index (χ4v) is 4.38. The Morgan fingerprint density at radius 2 is 2.04 bits per heavy atom. The van der Waals surface area contributed by atoms with Gasteiger partial charge in [-0.2, -0.15) is 0 Å². The van der Waals surface area contributed by atoms with Gasteiger partial charge in [0.1, 0.15) is 0 Å². The van der Waals surface area contributed by atoms with Crippen LogP contribution in [0.5, 0.6) is 0 Å². The van der Waals surface area contributed by atoms with E-state index in [4.69, 9.17) is 4.98 Å². The van der Waals surface area contributed by atoms with Crippen molar-refractivity contribution in [2.24, 2.45) is 0 Å². The highest BCUT2D eigenvalue weighted by atomic mass is 32.1. The van der Waals surface area contributed by atoms with Crippen LogP contribution in [-0.2, 0) is 19.4 Å². The number of urea groups is 1. The normalized spacial score (nSPS) is 17.3. The first-order chi connectivity index (χ1) is 12.3. The van der Waals surface area contributed by atoms with Gasteiger partial charge in [-0.3, -0.25) is 10.3 Å². The predicted molar refractivity (Wildman–Crippen MR) is 99.8 cm³/mol. The van der Waals surface area contributed by atoms with E-state index in [1.165, 1.54) is 36.3 Å².